The Morgan fingerprint density at radius 2 is 2.09 bits per heavy atom. The second-order valence-electron chi connectivity index (χ2n) is 4.40. The fourth-order valence-corrected chi connectivity index (χ4v) is 2.81. The molecule has 3 aromatic heterocycles. The Balaban J connectivity index is 2.41. The summed E-state index contributed by atoms with van der Waals surface area (Å²) in [4.78, 5) is 14.5. The molecule has 0 radical (unpaired) electrons. The summed E-state index contributed by atoms with van der Waals surface area (Å²) in [6, 6.07) is 1.50. The van der Waals surface area contributed by atoms with Gasteiger partial charge < -0.3 is 13.9 Å². The maximum Gasteiger partial charge on any atom is 0.421 e. The molecule has 3 heterocycles. The lowest BCUT2D eigenvalue weighted by Gasteiger charge is -2.13. The molecule has 0 aromatic carbocycles. The number of aromatic carboxylic acids is 1. The summed E-state index contributed by atoms with van der Waals surface area (Å²) >= 11 is 2.94. The largest absolute Gasteiger partial charge is 0.476 e. The standard InChI is InChI=1S/C13H6BrF3N2O3/c14-10-7(6-1-2-22-5-6)3-19-4-8(12(20)21)18-11(19)9(10)13(15,16)17/h1-5H,(H,20,21). The highest BCUT2D eigenvalue weighted by molar-refractivity contribution is 9.10. The molecule has 0 bridgehead atoms. The number of rotatable bonds is 2. The van der Waals surface area contributed by atoms with Crippen LogP contribution in [0.15, 0.2) is 39.9 Å². The lowest BCUT2D eigenvalue weighted by Crippen LogP contribution is -2.10. The molecule has 5 nitrogen and oxygen atoms in total. The van der Waals surface area contributed by atoms with E-state index in [0.717, 1.165) is 10.6 Å². The zero-order valence-electron chi connectivity index (χ0n) is 10.6. The monoisotopic (exact) mass is 374 g/mol. The zero-order valence-corrected chi connectivity index (χ0v) is 12.1. The maximum absolute atomic E-state index is 13.4. The van der Waals surface area contributed by atoms with E-state index in [-0.39, 0.29) is 10.0 Å². The van der Waals surface area contributed by atoms with Gasteiger partial charge in [-0.3, -0.25) is 0 Å². The number of alkyl halides is 3. The minimum atomic E-state index is -4.71. The van der Waals surface area contributed by atoms with Crippen LogP contribution < -0.4 is 0 Å². The first-order valence-electron chi connectivity index (χ1n) is 5.83. The Morgan fingerprint density at radius 1 is 1.36 bits per heavy atom. The first-order chi connectivity index (χ1) is 10.3. The van der Waals surface area contributed by atoms with Gasteiger partial charge in [0.2, 0.25) is 0 Å². The number of carboxylic acids is 1. The fraction of sp³-hybridized carbons (Fsp3) is 0.0769. The SMILES string of the molecule is O=C(O)c1cn2cc(-c3ccoc3)c(Br)c(C(F)(F)F)c2n1. The number of pyridine rings is 1. The van der Waals surface area contributed by atoms with E-state index >= 15 is 0 Å². The molecular formula is C13H6BrF3N2O3. The molecule has 0 saturated heterocycles. The van der Waals surface area contributed by atoms with Crippen LogP contribution in [0, 0.1) is 0 Å². The average molecular weight is 375 g/mol. The number of imidazole rings is 1. The van der Waals surface area contributed by atoms with Gasteiger partial charge in [-0.2, -0.15) is 13.2 Å². The van der Waals surface area contributed by atoms with Crippen LogP contribution in [-0.4, -0.2) is 20.5 Å². The molecule has 0 spiro atoms. The van der Waals surface area contributed by atoms with Gasteiger partial charge in [-0.05, 0) is 22.0 Å². The Hall–Kier alpha value is -2.29. The van der Waals surface area contributed by atoms with E-state index in [1.54, 1.807) is 0 Å². The van der Waals surface area contributed by atoms with Crippen LogP contribution in [0.3, 0.4) is 0 Å². The lowest BCUT2D eigenvalue weighted by atomic mass is 10.1. The molecular weight excluding hydrogens is 369 g/mol. The molecule has 114 valence electrons. The predicted molar refractivity (Wildman–Crippen MR) is 72.6 cm³/mol. The highest BCUT2D eigenvalue weighted by Crippen LogP contribution is 2.42. The van der Waals surface area contributed by atoms with Crippen molar-refractivity contribution in [3.63, 3.8) is 0 Å². The van der Waals surface area contributed by atoms with Gasteiger partial charge in [0.15, 0.2) is 11.3 Å². The molecule has 3 aromatic rings. The summed E-state index contributed by atoms with van der Waals surface area (Å²) in [6.07, 6.45) is 0.305. The molecule has 1 N–H and O–H groups in total. The predicted octanol–water partition coefficient (Wildman–Crippen LogP) is 4.07. The Bertz CT molecular complexity index is 869. The van der Waals surface area contributed by atoms with Gasteiger partial charge in [0.05, 0.1) is 12.5 Å². The van der Waals surface area contributed by atoms with Gasteiger partial charge in [0.1, 0.15) is 5.56 Å². The van der Waals surface area contributed by atoms with E-state index in [2.05, 4.69) is 20.9 Å². The summed E-state index contributed by atoms with van der Waals surface area (Å²) in [7, 11) is 0. The maximum atomic E-state index is 13.4. The number of fused-ring (bicyclic) bond motifs is 1. The second kappa shape index (κ2) is 4.87. The van der Waals surface area contributed by atoms with Crippen molar-refractivity contribution in [2.75, 3.05) is 0 Å². The topological polar surface area (TPSA) is 67.7 Å². The van der Waals surface area contributed by atoms with Crippen LogP contribution in [-0.2, 0) is 6.18 Å². The van der Waals surface area contributed by atoms with Crippen molar-refractivity contribution >= 4 is 27.5 Å². The Labute approximate surface area is 129 Å². The Kier molecular flexibility index (Phi) is 3.24. The first-order valence-corrected chi connectivity index (χ1v) is 6.62. The molecule has 22 heavy (non-hydrogen) atoms. The smallest absolute Gasteiger partial charge is 0.421 e. The van der Waals surface area contributed by atoms with Gasteiger partial charge in [-0.1, -0.05) is 0 Å². The molecule has 0 aliphatic carbocycles. The van der Waals surface area contributed by atoms with Crippen molar-refractivity contribution in [3.05, 3.63) is 46.7 Å². The molecule has 0 aliphatic heterocycles. The first kappa shape index (κ1) is 14.6. The number of furan rings is 1. The van der Waals surface area contributed by atoms with E-state index in [1.807, 2.05) is 0 Å². The van der Waals surface area contributed by atoms with Crippen molar-refractivity contribution in [2.45, 2.75) is 6.18 Å². The lowest BCUT2D eigenvalue weighted by molar-refractivity contribution is -0.137. The van der Waals surface area contributed by atoms with Crippen molar-refractivity contribution in [3.8, 4) is 11.1 Å². The average Bonchev–Trinajstić information content (AvgIpc) is 3.04. The van der Waals surface area contributed by atoms with Gasteiger partial charge in [-0.15, -0.1) is 0 Å². The summed E-state index contributed by atoms with van der Waals surface area (Å²) in [5.41, 5.74) is -1.36. The van der Waals surface area contributed by atoms with Crippen LogP contribution in [0.2, 0.25) is 0 Å². The van der Waals surface area contributed by atoms with E-state index in [1.165, 1.54) is 24.8 Å². The van der Waals surface area contributed by atoms with Crippen molar-refractivity contribution in [1.82, 2.24) is 9.38 Å². The number of hydrogen-bond donors (Lipinski definition) is 1. The van der Waals surface area contributed by atoms with Crippen molar-refractivity contribution < 1.29 is 27.5 Å². The quantitative estimate of drug-likeness (QED) is 0.733. The highest BCUT2D eigenvalue weighted by Gasteiger charge is 2.38. The zero-order chi connectivity index (χ0) is 16.1. The molecule has 0 amide bonds. The molecule has 0 saturated carbocycles. The molecule has 3 rings (SSSR count). The summed E-state index contributed by atoms with van der Waals surface area (Å²) in [5.74, 6) is -1.40. The van der Waals surface area contributed by atoms with Crippen LogP contribution in [0.1, 0.15) is 16.1 Å². The highest BCUT2D eigenvalue weighted by atomic mass is 79.9. The van der Waals surface area contributed by atoms with Crippen LogP contribution in [0.4, 0.5) is 13.2 Å². The van der Waals surface area contributed by atoms with Gasteiger partial charge in [0.25, 0.3) is 0 Å². The minimum absolute atomic E-state index is 0.211. The second-order valence-corrected chi connectivity index (χ2v) is 5.20. The summed E-state index contributed by atoms with van der Waals surface area (Å²) in [6.45, 7) is 0. The van der Waals surface area contributed by atoms with Gasteiger partial charge in [0, 0.05) is 28.0 Å². The molecule has 0 aliphatic rings. The van der Waals surface area contributed by atoms with Crippen LogP contribution >= 0.6 is 15.9 Å². The molecule has 0 unspecified atom stereocenters. The third-order valence-electron chi connectivity index (χ3n) is 3.01. The van der Waals surface area contributed by atoms with E-state index in [9.17, 15) is 18.0 Å². The third kappa shape index (κ3) is 2.27. The number of carbonyl (C=O) groups is 1. The number of carboxylic acid groups (broad SMARTS) is 1. The Morgan fingerprint density at radius 3 is 2.64 bits per heavy atom. The molecule has 9 heteroatoms. The van der Waals surface area contributed by atoms with Crippen molar-refractivity contribution in [1.29, 1.82) is 0 Å². The summed E-state index contributed by atoms with van der Waals surface area (Å²) < 4.78 is 45.8. The van der Waals surface area contributed by atoms with Crippen LogP contribution in [0.5, 0.6) is 0 Å². The van der Waals surface area contributed by atoms with E-state index in [0.29, 0.717) is 5.56 Å². The van der Waals surface area contributed by atoms with Gasteiger partial charge in [-0.25, -0.2) is 9.78 Å². The van der Waals surface area contributed by atoms with Crippen LogP contribution in [0.25, 0.3) is 16.8 Å². The van der Waals surface area contributed by atoms with Crippen molar-refractivity contribution in [2.24, 2.45) is 0 Å². The molecule has 0 atom stereocenters. The van der Waals surface area contributed by atoms with Gasteiger partial charge >= 0.3 is 12.1 Å². The summed E-state index contributed by atoms with van der Waals surface area (Å²) in [5, 5.41) is 8.92. The third-order valence-corrected chi connectivity index (χ3v) is 3.84. The van der Waals surface area contributed by atoms with E-state index in [4.69, 9.17) is 9.52 Å². The number of hydrogen-bond acceptors (Lipinski definition) is 3. The normalized spacial score (nSPS) is 12.0. The minimum Gasteiger partial charge on any atom is -0.476 e. The van der Waals surface area contributed by atoms with E-state index < -0.39 is 29.1 Å². The number of halogens is 4. The number of nitrogens with zero attached hydrogens (tertiary/aromatic N) is 2. The fourth-order valence-electron chi connectivity index (χ4n) is 2.08. The molecule has 0 fully saturated rings. The number of aromatic nitrogens is 2.